The van der Waals surface area contributed by atoms with Crippen LogP contribution in [0.2, 0.25) is 0 Å². The van der Waals surface area contributed by atoms with E-state index < -0.39 is 0 Å². The Morgan fingerprint density at radius 2 is 1.79 bits per heavy atom. The number of carbonyl (C=O) groups is 2. The number of hydrogen-bond acceptors (Lipinski definition) is 5. The fourth-order valence-corrected chi connectivity index (χ4v) is 8.69. The molecule has 2 heterocycles. The van der Waals surface area contributed by atoms with Gasteiger partial charge in [0.15, 0.2) is 0 Å². The Morgan fingerprint density at radius 1 is 1.04 bits per heavy atom. The Labute approximate surface area is 144 Å². The summed E-state index contributed by atoms with van der Waals surface area (Å²) in [5.74, 6) is 1.89. The van der Waals surface area contributed by atoms with Crippen molar-refractivity contribution in [2.45, 2.75) is 16.2 Å². The molecule has 0 spiro atoms. The van der Waals surface area contributed by atoms with Crippen LogP contribution >= 0.6 is 11.8 Å². The van der Waals surface area contributed by atoms with Crippen molar-refractivity contribution >= 4 is 23.7 Å². The number of ether oxygens (including phenoxy) is 2. The van der Waals surface area contributed by atoms with Gasteiger partial charge in [-0.05, 0) is 35.8 Å². The average Bonchev–Trinajstić information content (AvgIpc) is 3.19. The second-order valence-corrected chi connectivity index (χ2v) is 9.09. The molecule has 2 saturated heterocycles. The molecule has 6 saturated carbocycles. The number of fused-ring (bicyclic) bond motifs is 1. The maximum Gasteiger partial charge on any atom is 0.310 e. The van der Waals surface area contributed by atoms with Crippen molar-refractivity contribution in [2.75, 3.05) is 7.11 Å². The molecule has 0 aromatic heterocycles. The molecule has 1 aromatic carbocycles. The van der Waals surface area contributed by atoms with E-state index in [-0.39, 0.29) is 35.8 Å². The van der Waals surface area contributed by atoms with Crippen LogP contribution in [0.25, 0.3) is 0 Å². The number of methoxy groups -OCH3 is 1. The monoisotopic (exact) mass is 342 g/mol. The highest BCUT2D eigenvalue weighted by Gasteiger charge is 2.85. The first-order chi connectivity index (χ1) is 11.7. The molecule has 9 rings (SSSR count). The third kappa shape index (κ3) is 1.33. The van der Waals surface area contributed by atoms with Gasteiger partial charge < -0.3 is 9.47 Å². The molecule has 2 aliphatic heterocycles. The van der Waals surface area contributed by atoms with Gasteiger partial charge in [0.05, 0.1) is 18.9 Å². The highest BCUT2D eigenvalue weighted by Crippen LogP contribution is 2.81. The fourth-order valence-electron chi connectivity index (χ4n) is 7.03. The van der Waals surface area contributed by atoms with Gasteiger partial charge in [-0.1, -0.05) is 18.2 Å². The van der Waals surface area contributed by atoms with Crippen molar-refractivity contribution in [3.05, 3.63) is 30.3 Å². The van der Waals surface area contributed by atoms with Gasteiger partial charge in [-0.25, -0.2) is 0 Å². The number of benzene rings is 1. The summed E-state index contributed by atoms with van der Waals surface area (Å²) in [4.78, 5) is 26.1. The lowest BCUT2D eigenvalue weighted by Gasteiger charge is -2.59. The zero-order valence-electron chi connectivity index (χ0n) is 13.2. The Morgan fingerprint density at radius 3 is 2.54 bits per heavy atom. The van der Waals surface area contributed by atoms with Crippen molar-refractivity contribution in [1.82, 2.24) is 0 Å². The van der Waals surface area contributed by atoms with Gasteiger partial charge in [-0.15, -0.1) is 11.8 Å². The summed E-state index contributed by atoms with van der Waals surface area (Å²) in [6, 6.07) is 10.5. The predicted octanol–water partition coefficient (Wildman–Crippen LogP) is 2.23. The minimum absolute atomic E-state index is 0.0378. The summed E-state index contributed by atoms with van der Waals surface area (Å²) in [6.45, 7) is 0. The van der Waals surface area contributed by atoms with Gasteiger partial charge in [-0.3, -0.25) is 9.59 Å². The van der Waals surface area contributed by atoms with Crippen LogP contribution in [0.3, 0.4) is 0 Å². The van der Waals surface area contributed by atoms with Crippen LogP contribution in [0, 0.1) is 47.3 Å². The van der Waals surface area contributed by atoms with Gasteiger partial charge in [-0.2, -0.15) is 0 Å². The van der Waals surface area contributed by atoms with E-state index in [9.17, 15) is 9.59 Å². The third-order valence-corrected chi connectivity index (χ3v) is 8.86. The molecule has 8 aliphatic rings. The van der Waals surface area contributed by atoms with Gasteiger partial charge in [0.1, 0.15) is 6.10 Å². The van der Waals surface area contributed by atoms with Crippen molar-refractivity contribution in [3.63, 3.8) is 0 Å². The second kappa shape index (κ2) is 4.37. The lowest BCUT2D eigenvalue weighted by atomic mass is 9.50. The summed E-state index contributed by atoms with van der Waals surface area (Å²) in [6.07, 6.45) is -0.0378. The lowest BCUT2D eigenvalue weighted by molar-refractivity contribution is -0.223. The minimum atomic E-state index is -0.259. The maximum absolute atomic E-state index is 12.4. The van der Waals surface area contributed by atoms with Crippen molar-refractivity contribution in [2.24, 2.45) is 47.3 Å². The number of hydrogen-bond donors (Lipinski definition) is 0. The molecular weight excluding hydrogens is 324 g/mol. The summed E-state index contributed by atoms with van der Waals surface area (Å²) in [5, 5.41) is 0.579. The van der Waals surface area contributed by atoms with E-state index in [1.54, 1.807) is 0 Å². The standard InChI is InChI=1S/C19H18O4S/c1-22-18(20)15-11-8-12-9-10(16(11)23-19(21)14(9)15)13(8)17(12)24-7-5-3-2-4-6-7/h2-6,8-17H,1H3. The molecule has 1 aromatic rings. The summed E-state index contributed by atoms with van der Waals surface area (Å²) in [7, 11) is 1.43. The number of rotatable bonds is 3. The lowest BCUT2D eigenvalue weighted by Crippen LogP contribution is -2.65. The largest absolute Gasteiger partial charge is 0.469 e. The van der Waals surface area contributed by atoms with Gasteiger partial charge in [0.2, 0.25) is 0 Å². The molecule has 10 atom stereocenters. The van der Waals surface area contributed by atoms with E-state index in [0.29, 0.717) is 34.8 Å². The average molecular weight is 342 g/mol. The van der Waals surface area contributed by atoms with E-state index in [0.717, 1.165) is 0 Å². The predicted molar refractivity (Wildman–Crippen MR) is 85.9 cm³/mol. The fraction of sp³-hybridized carbons (Fsp3) is 0.579. The summed E-state index contributed by atoms with van der Waals surface area (Å²) in [5.41, 5.74) is 0. The summed E-state index contributed by atoms with van der Waals surface area (Å²) < 4.78 is 10.8. The molecule has 24 heavy (non-hydrogen) atoms. The van der Waals surface area contributed by atoms with E-state index >= 15 is 0 Å². The van der Waals surface area contributed by atoms with Crippen molar-refractivity contribution in [1.29, 1.82) is 0 Å². The molecule has 5 heteroatoms. The van der Waals surface area contributed by atoms with Gasteiger partial charge in [0, 0.05) is 22.0 Å². The molecule has 0 radical (unpaired) electrons. The number of thioether (sulfide) groups is 1. The Hall–Kier alpha value is -1.49. The van der Waals surface area contributed by atoms with E-state index in [1.165, 1.54) is 12.0 Å². The Bertz CT molecular complexity index is 749. The second-order valence-electron chi connectivity index (χ2n) is 7.84. The topological polar surface area (TPSA) is 52.6 Å². The van der Waals surface area contributed by atoms with Gasteiger partial charge >= 0.3 is 11.9 Å². The number of esters is 2. The molecule has 8 fully saturated rings. The highest BCUT2D eigenvalue weighted by molar-refractivity contribution is 8.00. The van der Waals surface area contributed by atoms with E-state index in [4.69, 9.17) is 9.47 Å². The van der Waals surface area contributed by atoms with Crippen LogP contribution in [0.5, 0.6) is 0 Å². The zero-order valence-corrected chi connectivity index (χ0v) is 14.0. The van der Waals surface area contributed by atoms with Crippen LogP contribution in [0.15, 0.2) is 35.2 Å². The first-order valence-corrected chi connectivity index (χ1v) is 9.60. The first kappa shape index (κ1) is 13.8. The maximum atomic E-state index is 12.4. The molecule has 8 bridgehead atoms. The first-order valence-electron chi connectivity index (χ1n) is 8.72. The van der Waals surface area contributed by atoms with E-state index in [2.05, 4.69) is 24.3 Å². The molecule has 10 unspecified atom stereocenters. The molecule has 124 valence electrons. The molecule has 0 N–H and O–H groups in total. The number of carbonyl (C=O) groups excluding carboxylic acids is 2. The van der Waals surface area contributed by atoms with Crippen LogP contribution in [-0.4, -0.2) is 30.4 Å². The molecule has 6 aliphatic carbocycles. The molecular formula is C19H18O4S. The van der Waals surface area contributed by atoms with Crippen LogP contribution in [-0.2, 0) is 19.1 Å². The van der Waals surface area contributed by atoms with Crippen LogP contribution < -0.4 is 0 Å². The smallest absolute Gasteiger partial charge is 0.310 e. The minimum Gasteiger partial charge on any atom is -0.469 e. The molecule has 0 amide bonds. The quantitative estimate of drug-likeness (QED) is 0.789. The van der Waals surface area contributed by atoms with Crippen molar-refractivity contribution in [3.8, 4) is 0 Å². The Balaban J connectivity index is 1.36. The van der Waals surface area contributed by atoms with E-state index in [1.807, 2.05) is 17.8 Å². The van der Waals surface area contributed by atoms with Gasteiger partial charge in [0.25, 0.3) is 0 Å². The van der Waals surface area contributed by atoms with Crippen molar-refractivity contribution < 1.29 is 19.1 Å². The molecule has 4 nitrogen and oxygen atoms in total. The SMILES string of the molecule is COC(=O)C1C2C(=O)OC3C1C1C4C(Sc5ccccc5)C1C2C34. The Kier molecular flexibility index (Phi) is 2.51. The van der Waals surface area contributed by atoms with Crippen LogP contribution in [0.1, 0.15) is 0 Å². The summed E-state index contributed by atoms with van der Waals surface area (Å²) >= 11 is 1.96. The zero-order chi connectivity index (χ0) is 16.2. The highest BCUT2D eigenvalue weighted by atomic mass is 32.2. The third-order valence-electron chi connectivity index (χ3n) is 7.41. The van der Waals surface area contributed by atoms with Crippen LogP contribution in [0.4, 0.5) is 0 Å². The normalized spacial score (nSPS) is 51.5.